The van der Waals surface area contributed by atoms with Gasteiger partial charge in [-0.1, -0.05) is 40.7 Å². The first-order valence-electron chi connectivity index (χ1n) is 7.34. The van der Waals surface area contributed by atoms with Gasteiger partial charge in [0.25, 0.3) is 5.89 Å². The highest BCUT2D eigenvalue weighted by molar-refractivity contribution is 7.99. The topological polar surface area (TPSA) is 113 Å². The predicted octanol–water partition coefficient (Wildman–Crippen LogP) is 1.90. The van der Waals surface area contributed by atoms with Gasteiger partial charge in [-0.2, -0.15) is 4.98 Å². The molecule has 0 aliphatic rings. The third kappa shape index (κ3) is 3.30. The zero-order valence-corrected chi connectivity index (χ0v) is 14.1. The SMILES string of the molecule is CCn1c(SCC(N)=O)nnc1-c1nc(-c2cccc(C)c2)no1. The number of carbonyl (C=O) groups excluding carboxylic acids is 1. The molecule has 3 aromatic rings. The molecule has 3 rings (SSSR count). The third-order valence-corrected chi connectivity index (χ3v) is 4.26. The van der Waals surface area contributed by atoms with Gasteiger partial charge in [-0.25, -0.2) is 0 Å². The smallest absolute Gasteiger partial charge is 0.296 e. The van der Waals surface area contributed by atoms with Crippen LogP contribution < -0.4 is 5.73 Å². The van der Waals surface area contributed by atoms with E-state index in [4.69, 9.17) is 10.3 Å². The van der Waals surface area contributed by atoms with E-state index in [1.807, 2.05) is 38.1 Å². The highest BCUT2D eigenvalue weighted by Gasteiger charge is 2.19. The Morgan fingerprint density at radius 2 is 2.21 bits per heavy atom. The molecule has 0 radical (unpaired) electrons. The minimum atomic E-state index is -0.410. The van der Waals surface area contributed by atoms with Crippen LogP contribution in [-0.4, -0.2) is 36.6 Å². The largest absolute Gasteiger partial charge is 0.369 e. The van der Waals surface area contributed by atoms with E-state index in [1.54, 1.807) is 4.57 Å². The first-order chi connectivity index (χ1) is 11.6. The second-order valence-electron chi connectivity index (χ2n) is 5.10. The summed E-state index contributed by atoms with van der Waals surface area (Å²) in [7, 11) is 0. The van der Waals surface area contributed by atoms with Crippen molar-refractivity contribution in [3.8, 4) is 23.1 Å². The molecule has 9 heteroatoms. The van der Waals surface area contributed by atoms with Crippen molar-refractivity contribution in [1.29, 1.82) is 0 Å². The number of hydrogen-bond donors (Lipinski definition) is 1. The molecular weight excluding hydrogens is 328 g/mol. The molecule has 0 unspecified atom stereocenters. The van der Waals surface area contributed by atoms with E-state index in [1.165, 1.54) is 11.8 Å². The van der Waals surface area contributed by atoms with Gasteiger partial charge in [0.2, 0.25) is 17.6 Å². The van der Waals surface area contributed by atoms with Crippen LogP contribution in [0.25, 0.3) is 23.1 Å². The number of primary amides is 1. The lowest BCUT2D eigenvalue weighted by Crippen LogP contribution is -2.13. The van der Waals surface area contributed by atoms with Gasteiger partial charge < -0.3 is 10.3 Å². The first-order valence-corrected chi connectivity index (χ1v) is 8.32. The molecular formula is C15H16N6O2S. The quantitative estimate of drug-likeness (QED) is 0.679. The number of amides is 1. The molecule has 0 atom stereocenters. The Morgan fingerprint density at radius 3 is 2.92 bits per heavy atom. The lowest BCUT2D eigenvalue weighted by molar-refractivity contribution is -0.115. The van der Waals surface area contributed by atoms with Crippen LogP contribution in [0.1, 0.15) is 12.5 Å². The Hall–Kier alpha value is -2.68. The van der Waals surface area contributed by atoms with Crippen molar-refractivity contribution in [3.05, 3.63) is 29.8 Å². The van der Waals surface area contributed by atoms with Crippen molar-refractivity contribution < 1.29 is 9.32 Å². The van der Waals surface area contributed by atoms with Crippen molar-refractivity contribution in [2.24, 2.45) is 5.73 Å². The highest BCUT2D eigenvalue weighted by atomic mass is 32.2. The summed E-state index contributed by atoms with van der Waals surface area (Å²) in [4.78, 5) is 15.3. The van der Waals surface area contributed by atoms with Gasteiger partial charge in [-0.05, 0) is 19.9 Å². The third-order valence-electron chi connectivity index (χ3n) is 3.27. The zero-order valence-electron chi connectivity index (χ0n) is 13.3. The minimum absolute atomic E-state index is 0.135. The van der Waals surface area contributed by atoms with Crippen LogP contribution in [0.3, 0.4) is 0 Å². The Morgan fingerprint density at radius 1 is 1.38 bits per heavy atom. The average Bonchev–Trinajstić information content (AvgIpc) is 3.19. The van der Waals surface area contributed by atoms with Gasteiger partial charge in [0, 0.05) is 12.1 Å². The highest BCUT2D eigenvalue weighted by Crippen LogP contribution is 2.25. The summed E-state index contributed by atoms with van der Waals surface area (Å²) in [6, 6.07) is 7.84. The number of benzene rings is 1. The van der Waals surface area contributed by atoms with Crippen LogP contribution >= 0.6 is 11.8 Å². The van der Waals surface area contributed by atoms with Gasteiger partial charge in [0.1, 0.15) is 0 Å². The van der Waals surface area contributed by atoms with Crippen LogP contribution in [0.5, 0.6) is 0 Å². The molecule has 2 heterocycles. The van der Waals surface area contributed by atoms with E-state index in [0.717, 1.165) is 11.1 Å². The summed E-state index contributed by atoms with van der Waals surface area (Å²) in [5.41, 5.74) is 7.15. The van der Waals surface area contributed by atoms with E-state index in [-0.39, 0.29) is 11.6 Å². The van der Waals surface area contributed by atoms with Crippen molar-refractivity contribution in [2.45, 2.75) is 25.5 Å². The number of nitrogens with two attached hydrogens (primary N) is 1. The number of carbonyl (C=O) groups is 1. The maximum Gasteiger partial charge on any atom is 0.296 e. The fourth-order valence-electron chi connectivity index (χ4n) is 2.19. The molecule has 8 nitrogen and oxygen atoms in total. The van der Waals surface area contributed by atoms with E-state index >= 15 is 0 Å². The normalized spacial score (nSPS) is 10.9. The molecule has 0 bridgehead atoms. The molecule has 0 spiro atoms. The van der Waals surface area contributed by atoms with Gasteiger partial charge in [0.15, 0.2) is 5.16 Å². The lowest BCUT2D eigenvalue weighted by atomic mass is 10.1. The fraction of sp³-hybridized carbons (Fsp3) is 0.267. The molecule has 24 heavy (non-hydrogen) atoms. The Bertz CT molecular complexity index is 872. The molecule has 2 aromatic heterocycles. The summed E-state index contributed by atoms with van der Waals surface area (Å²) < 4.78 is 7.15. The van der Waals surface area contributed by atoms with E-state index < -0.39 is 5.91 Å². The first kappa shape index (κ1) is 16.2. The molecule has 124 valence electrons. The molecule has 0 fully saturated rings. The standard InChI is InChI=1S/C15H16N6O2S/c1-3-21-13(18-19-15(21)24-8-11(16)22)14-17-12(20-23-14)10-6-4-5-9(2)7-10/h4-7H,3,8H2,1-2H3,(H2,16,22). The van der Waals surface area contributed by atoms with Crippen LogP contribution in [0, 0.1) is 6.92 Å². The summed E-state index contributed by atoms with van der Waals surface area (Å²) in [6.45, 7) is 4.55. The van der Waals surface area contributed by atoms with Crippen molar-refractivity contribution >= 4 is 17.7 Å². The van der Waals surface area contributed by atoms with Gasteiger partial charge in [-0.15, -0.1) is 10.2 Å². The number of nitrogens with zero attached hydrogens (tertiary/aromatic N) is 5. The van der Waals surface area contributed by atoms with Crippen molar-refractivity contribution in [3.63, 3.8) is 0 Å². The molecule has 2 N–H and O–H groups in total. The molecule has 1 aromatic carbocycles. The molecule has 0 aliphatic heterocycles. The molecule has 0 saturated heterocycles. The van der Waals surface area contributed by atoms with E-state index in [2.05, 4.69) is 20.3 Å². The monoisotopic (exact) mass is 344 g/mol. The minimum Gasteiger partial charge on any atom is -0.369 e. The Kier molecular flexibility index (Phi) is 4.61. The average molecular weight is 344 g/mol. The second kappa shape index (κ2) is 6.83. The van der Waals surface area contributed by atoms with Gasteiger partial charge in [0.05, 0.1) is 5.75 Å². The lowest BCUT2D eigenvalue weighted by Gasteiger charge is -2.03. The summed E-state index contributed by atoms with van der Waals surface area (Å²) >= 11 is 1.23. The number of thioether (sulfide) groups is 1. The second-order valence-corrected chi connectivity index (χ2v) is 6.04. The summed E-state index contributed by atoms with van der Waals surface area (Å²) in [5.74, 6) is 0.969. The number of aromatic nitrogens is 5. The van der Waals surface area contributed by atoms with Gasteiger partial charge in [-0.3, -0.25) is 9.36 Å². The fourth-order valence-corrected chi connectivity index (χ4v) is 2.93. The zero-order chi connectivity index (χ0) is 17.1. The number of rotatable bonds is 6. The molecule has 0 aliphatic carbocycles. The summed E-state index contributed by atoms with van der Waals surface area (Å²) in [5, 5.41) is 12.8. The van der Waals surface area contributed by atoms with Crippen LogP contribution in [0.2, 0.25) is 0 Å². The van der Waals surface area contributed by atoms with Crippen LogP contribution in [0.15, 0.2) is 33.9 Å². The molecule has 0 saturated carbocycles. The maximum atomic E-state index is 10.9. The maximum absolute atomic E-state index is 10.9. The van der Waals surface area contributed by atoms with E-state index in [0.29, 0.717) is 23.4 Å². The van der Waals surface area contributed by atoms with Crippen LogP contribution in [-0.2, 0) is 11.3 Å². The van der Waals surface area contributed by atoms with Gasteiger partial charge >= 0.3 is 0 Å². The van der Waals surface area contributed by atoms with Crippen molar-refractivity contribution in [1.82, 2.24) is 24.9 Å². The predicted molar refractivity (Wildman–Crippen MR) is 89.1 cm³/mol. The Balaban J connectivity index is 1.91. The molecule has 1 amide bonds. The van der Waals surface area contributed by atoms with E-state index in [9.17, 15) is 4.79 Å². The number of aryl methyl sites for hydroxylation is 1. The Labute approximate surface area is 142 Å². The van der Waals surface area contributed by atoms with Crippen molar-refractivity contribution in [2.75, 3.05) is 5.75 Å². The van der Waals surface area contributed by atoms with Crippen LogP contribution in [0.4, 0.5) is 0 Å². The number of hydrogen-bond acceptors (Lipinski definition) is 7. The summed E-state index contributed by atoms with van der Waals surface area (Å²) in [6.07, 6.45) is 0.